The molecule has 0 saturated carbocycles. The maximum atomic E-state index is 12.4. The topological polar surface area (TPSA) is 148 Å². The number of hydrogen-bond acceptors (Lipinski definition) is 7. The zero-order valence-electron chi connectivity index (χ0n) is 16.0. The summed E-state index contributed by atoms with van der Waals surface area (Å²) in [4.78, 5) is 40.3. The summed E-state index contributed by atoms with van der Waals surface area (Å²) in [5, 5.41) is 32.4. The van der Waals surface area contributed by atoms with Gasteiger partial charge in [-0.15, -0.1) is 11.8 Å². The van der Waals surface area contributed by atoms with Gasteiger partial charge in [0.05, 0.1) is 24.3 Å². The van der Waals surface area contributed by atoms with Gasteiger partial charge < -0.3 is 25.5 Å². The summed E-state index contributed by atoms with van der Waals surface area (Å²) < 4.78 is 1.40. The van der Waals surface area contributed by atoms with E-state index in [2.05, 4.69) is 10.3 Å². The number of hydrogen-bond donors (Lipinski definition) is 5. The zero-order chi connectivity index (χ0) is 21.0. The lowest BCUT2D eigenvalue weighted by atomic mass is 9.79. The molecule has 0 bridgehead atoms. The van der Waals surface area contributed by atoms with Crippen molar-refractivity contribution in [3.8, 4) is 5.88 Å². The minimum Gasteiger partial charge on any atom is -0.493 e. The maximum absolute atomic E-state index is 12.4. The molecule has 1 amide bonds. The van der Waals surface area contributed by atoms with Crippen LogP contribution >= 0.6 is 11.8 Å². The first kappa shape index (κ1) is 20.0. The predicted molar refractivity (Wildman–Crippen MR) is 104 cm³/mol. The molecule has 5 N–H and O–H groups in total. The molecule has 2 saturated heterocycles. The Morgan fingerprint density at radius 3 is 2.72 bits per heavy atom. The van der Waals surface area contributed by atoms with Crippen LogP contribution in [0.4, 0.5) is 0 Å². The van der Waals surface area contributed by atoms with Gasteiger partial charge in [0.2, 0.25) is 11.8 Å². The molecule has 1 aromatic rings. The molecule has 3 aliphatic rings. The number of carbonyl (C=O) groups is 2. The van der Waals surface area contributed by atoms with Crippen molar-refractivity contribution in [1.29, 1.82) is 0 Å². The normalized spacial score (nSPS) is 32.4. The molecular formula is C18H24N4O6S. The fourth-order valence-electron chi connectivity index (χ4n) is 4.66. The molecular weight excluding hydrogens is 400 g/mol. The Hall–Kier alpha value is -2.24. The number of aliphatic hydroxyl groups excluding tert-OH is 1. The number of nitrogens with zero attached hydrogens (tertiary/aromatic N) is 2. The van der Waals surface area contributed by atoms with Crippen LogP contribution in [0.15, 0.2) is 21.6 Å². The average Bonchev–Trinajstić information content (AvgIpc) is 3.26. The third-order valence-electron chi connectivity index (χ3n) is 5.98. The fourth-order valence-corrected chi connectivity index (χ4v) is 6.18. The molecule has 6 atom stereocenters. The van der Waals surface area contributed by atoms with Gasteiger partial charge in [-0.2, -0.15) is 0 Å². The minimum atomic E-state index is -1.13. The zero-order valence-corrected chi connectivity index (χ0v) is 16.8. The number of rotatable bonds is 6. The van der Waals surface area contributed by atoms with Gasteiger partial charge in [-0.05, 0) is 13.3 Å². The Morgan fingerprint density at radius 2 is 2.14 bits per heavy atom. The lowest BCUT2D eigenvalue weighted by Gasteiger charge is -2.46. The van der Waals surface area contributed by atoms with Crippen molar-refractivity contribution in [2.24, 2.45) is 11.8 Å². The third-order valence-corrected chi connectivity index (χ3v) is 7.49. The van der Waals surface area contributed by atoms with Crippen LogP contribution in [-0.2, 0) is 16.1 Å². The molecule has 0 radical (unpaired) electrons. The summed E-state index contributed by atoms with van der Waals surface area (Å²) in [7, 11) is 0. The van der Waals surface area contributed by atoms with E-state index < -0.39 is 18.0 Å². The largest absolute Gasteiger partial charge is 0.493 e. The number of aromatic hydroxyl groups is 1. The first-order valence-electron chi connectivity index (χ1n) is 9.56. The summed E-state index contributed by atoms with van der Waals surface area (Å²) >= 11 is 1.46. The van der Waals surface area contributed by atoms with Crippen molar-refractivity contribution in [1.82, 2.24) is 19.8 Å². The number of carbonyl (C=O) groups excluding carboxylic acids is 1. The SMILES string of the molecule is C[C@@H](O)[C@H]1C(=O)N2C(C(=O)O)=C(S[C@@H]3CN[C@H](Cn4cc(O)[nH]c4=O)C3)[C@H](C)[C@H]12. The van der Waals surface area contributed by atoms with Crippen molar-refractivity contribution >= 4 is 23.6 Å². The van der Waals surface area contributed by atoms with Crippen molar-refractivity contribution in [3.05, 3.63) is 27.3 Å². The number of H-pyrrole nitrogens is 1. The first-order chi connectivity index (χ1) is 13.7. The number of thioether (sulfide) groups is 1. The van der Waals surface area contributed by atoms with Gasteiger partial charge in [0, 0.05) is 35.2 Å². The average molecular weight is 424 g/mol. The van der Waals surface area contributed by atoms with E-state index in [0.29, 0.717) is 24.4 Å². The quantitative estimate of drug-likeness (QED) is 0.384. The Bertz CT molecular complexity index is 937. The number of aliphatic hydroxyl groups is 1. The lowest BCUT2D eigenvalue weighted by Crippen LogP contribution is -2.63. The molecule has 4 heterocycles. The second-order valence-corrected chi connectivity index (χ2v) is 9.29. The summed E-state index contributed by atoms with van der Waals surface area (Å²) in [5.41, 5.74) is -0.350. The van der Waals surface area contributed by atoms with E-state index >= 15 is 0 Å². The number of amides is 1. The smallest absolute Gasteiger partial charge is 0.353 e. The van der Waals surface area contributed by atoms with Crippen LogP contribution in [0, 0.1) is 11.8 Å². The Kier molecular flexibility index (Phi) is 4.99. The van der Waals surface area contributed by atoms with Crippen LogP contribution in [0.25, 0.3) is 0 Å². The summed E-state index contributed by atoms with van der Waals surface area (Å²) in [5.74, 6) is -2.38. The van der Waals surface area contributed by atoms with Gasteiger partial charge in [0.1, 0.15) is 5.70 Å². The molecule has 0 aromatic carbocycles. The molecule has 0 unspecified atom stereocenters. The number of fused-ring (bicyclic) bond motifs is 1. The predicted octanol–water partition coefficient (Wildman–Crippen LogP) is -0.501. The first-order valence-corrected chi connectivity index (χ1v) is 10.4. The Morgan fingerprint density at radius 1 is 1.41 bits per heavy atom. The fraction of sp³-hybridized carbons (Fsp3) is 0.611. The molecule has 1 aromatic heterocycles. The molecule has 158 valence electrons. The van der Waals surface area contributed by atoms with Gasteiger partial charge in [0.15, 0.2) is 0 Å². The van der Waals surface area contributed by atoms with Gasteiger partial charge >= 0.3 is 11.7 Å². The number of nitrogens with one attached hydrogen (secondary N) is 2. The summed E-state index contributed by atoms with van der Waals surface area (Å²) in [6.07, 6.45) is 1.24. The minimum absolute atomic E-state index is 0.00913. The van der Waals surface area contributed by atoms with Crippen molar-refractivity contribution in [2.75, 3.05) is 6.54 Å². The van der Waals surface area contributed by atoms with Crippen LogP contribution in [0.5, 0.6) is 5.88 Å². The van der Waals surface area contributed by atoms with E-state index in [0.717, 1.165) is 0 Å². The van der Waals surface area contributed by atoms with Crippen molar-refractivity contribution in [2.45, 2.75) is 50.3 Å². The second kappa shape index (κ2) is 7.22. The highest BCUT2D eigenvalue weighted by Crippen LogP contribution is 2.51. The van der Waals surface area contributed by atoms with Crippen LogP contribution in [-0.4, -0.2) is 71.6 Å². The highest BCUT2D eigenvalue weighted by Gasteiger charge is 2.60. The second-order valence-electron chi connectivity index (χ2n) is 7.95. The van der Waals surface area contributed by atoms with E-state index in [1.807, 2.05) is 6.92 Å². The highest BCUT2D eigenvalue weighted by atomic mass is 32.2. The number of aromatic nitrogens is 2. The lowest BCUT2D eigenvalue weighted by molar-refractivity contribution is -0.163. The summed E-state index contributed by atoms with van der Waals surface area (Å²) in [6, 6.07) is -0.308. The van der Waals surface area contributed by atoms with Crippen molar-refractivity contribution in [3.63, 3.8) is 0 Å². The third kappa shape index (κ3) is 3.26. The van der Waals surface area contributed by atoms with Gasteiger partial charge in [0.25, 0.3) is 0 Å². The Labute approximate surface area is 170 Å². The van der Waals surface area contributed by atoms with Crippen LogP contribution in [0.3, 0.4) is 0 Å². The molecule has 3 aliphatic heterocycles. The standard InChI is InChI=1S/C18H24N4O6S/c1-7-13-12(8(2)23)16(25)22(13)14(17(26)27)15(7)29-10-3-9(19-4-10)5-21-6-11(24)20-18(21)28/h6-10,12-13,19,23-24H,3-5H2,1-2H3,(H,20,28)(H,26,27)/t7-,8-,9+,10+,12-,13-/m1/s1. The maximum Gasteiger partial charge on any atom is 0.353 e. The van der Waals surface area contributed by atoms with Gasteiger partial charge in [-0.3, -0.25) is 14.3 Å². The molecule has 10 nitrogen and oxygen atoms in total. The van der Waals surface area contributed by atoms with Crippen LogP contribution in [0.2, 0.25) is 0 Å². The molecule has 11 heteroatoms. The number of aromatic amines is 1. The molecule has 29 heavy (non-hydrogen) atoms. The van der Waals surface area contributed by atoms with E-state index in [9.17, 15) is 29.7 Å². The molecule has 0 aliphatic carbocycles. The van der Waals surface area contributed by atoms with E-state index in [1.165, 1.54) is 27.4 Å². The number of imidazole rings is 1. The number of carboxylic acid groups (broad SMARTS) is 1. The van der Waals surface area contributed by atoms with Crippen LogP contribution < -0.4 is 11.0 Å². The molecule has 4 rings (SSSR count). The van der Waals surface area contributed by atoms with E-state index in [-0.39, 0.29) is 46.4 Å². The van der Waals surface area contributed by atoms with E-state index in [4.69, 9.17) is 0 Å². The van der Waals surface area contributed by atoms with Crippen LogP contribution in [0.1, 0.15) is 20.3 Å². The number of β-lactam (4-membered cyclic amide) rings is 1. The summed E-state index contributed by atoms with van der Waals surface area (Å²) in [6.45, 7) is 4.50. The van der Waals surface area contributed by atoms with Crippen molar-refractivity contribution < 1.29 is 24.9 Å². The monoisotopic (exact) mass is 424 g/mol. The Balaban J connectivity index is 1.47. The van der Waals surface area contributed by atoms with Gasteiger partial charge in [-0.25, -0.2) is 9.59 Å². The highest BCUT2D eigenvalue weighted by molar-refractivity contribution is 8.03. The molecule has 0 spiro atoms. The molecule has 2 fully saturated rings. The number of carboxylic acids is 1. The number of aliphatic carboxylic acids is 1. The van der Waals surface area contributed by atoms with E-state index in [1.54, 1.807) is 6.92 Å². The van der Waals surface area contributed by atoms with Gasteiger partial charge in [-0.1, -0.05) is 6.92 Å².